The van der Waals surface area contributed by atoms with E-state index in [0.29, 0.717) is 5.56 Å². The predicted octanol–water partition coefficient (Wildman–Crippen LogP) is 2.65. The Bertz CT molecular complexity index is 949. The average Bonchev–Trinajstić information content (AvgIpc) is 2.50. The molecule has 2 rings (SSSR count). The molecule has 24 heavy (non-hydrogen) atoms. The van der Waals surface area contributed by atoms with Crippen LogP contribution >= 0.6 is 0 Å². The Labute approximate surface area is 138 Å². The second kappa shape index (κ2) is 6.68. The summed E-state index contributed by atoms with van der Waals surface area (Å²) in [6.07, 6.45) is 0. The molecule has 0 saturated heterocycles. The van der Waals surface area contributed by atoms with E-state index < -0.39 is 27.6 Å². The molecule has 2 aromatic carbocycles. The van der Waals surface area contributed by atoms with Gasteiger partial charge in [0.15, 0.2) is 0 Å². The summed E-state index contributed by atoms with van der Waals surface area (Å²) in [6.45, 7) is 1.59. The SMILES string of the molecule is Cc1ccc(NS(=O)(=O)Cc2cc(C#N)ccc2F)cc1C(=O)O. The van der Waals surface area contributed by atoms with Crippen molar-refractivity contribution in [2.45, 2.75) is 12.7 Å². The molecule has 124 valence electrons. The van der Waals surface area contributed by atoms with Gasteiger partial charge >= 0.3 is 5.97 Å². The highest BCUT2D eigenvalue weighted by Crippen LogP contribution is 2.19. The second-order valence-electron chi connectivity index (χ2n) is 5.11. The van der Waals surface area contributed by atoms with Crippen LogP contribution in [0.3, 0.4) is 0 Å². The fraction of sp³-hybridized carbons (Fsp3) is 0.125. The van der Waals surface area contributed by atoms with Gasteiger partial charge in [0.25, 0.3) is 0 Å². The van der Waals surface area contributed by atoms with Crippen LogP contribution in [0, 0.1) is 24.1 Å². The van der Waals surface area contributed by atoms with Crippen LogP contribution in [0.25, 0.3) is 0 Å². The van der Waals surface area contributed by atoms with Gasteiger partial charge in [-0.3, -0.25) is 4.72 Å². The number of benzene rings is 2. The van der Waals surface area contributed by atoms with E-state index in [9.17, 15) is 17.6 Å². The lowest BCUT2D eigenvalue weighted by Gasteiger charge is -2.10. The van der Waals surface area contributed by atoms with E-state index in [1.807, 2.05) is 6.07 Å². The van der Waals surface area contributed by atoms with Crippen molar-refractivity contribution in [3.63, 3.8) is 0 Å². The van der Waals surface area contributed by atoms with E-state index in [2.05, 4.69) is 4.72 Å². The Morgan fingerprint density at radius 3 is 2.62 bits per heavy atom. The largest absolute Gasteiger partial charge is 0.478 e. The molecular formula is C16H13FN2O4S. The number of nitrogens with zero attached hydrogens (tertiary/aromatic N) is 1. The van der Waals surface area contributed by atoms with Crippen LogP contribution in [0.1, 0.15) is 27.0 Å². The number of hydrogen-bond donors (Lipinski definition) is 2. The molecule has 0 aliphatic carbocycles. The number of sulfonamides is 1. The number of carbonyl (C=O) groups is 1. The van der Waals surface area contributed by atoms with Gasteiger partial charge in [-0.15, -0.1) is 0 Å². The second-order valence-corrected chi connectivity index (χ2v) is 6.84. The molecule has 0 saturated carbocycles. The third kappa shape index (κ3) is 4.08. The smallest absolute Gasteiger partial charge is 0.336 e. The fourth-order valence-electron chi connectivity index (χ4n) is 2.09. The molecule has 0 unspecified atom stereocenters. The molecule has 0 amide bonds. The van der Waals surface area contributed by atoms with Gasteiger partial charge in [0, 0.05) is 11.3 Å². The minimum absolute atomic E-state index is 0.0344. The number of aryl methyl sites for hydroxylation is 1. The Hall–Kier alpha value is -2.92. The Morgan fingerprint density at radius 2 is 2.00 bits per heavy atom. The number of rotatable bonds is 5. The van der Waals surface area contributed by atoms with Gasteiger partial charge in [-0.2, -0.15) is 5.26 Å². The van der Waals surface area contributed by atoms with Crippen molar-refractivity contribution in [3.8, 4) is 6.07 Å². The number of anilines is 1. The van der Waals surface area contributed by atoms with E-state index >= 15 is 0 Å². The predicted molar refractivity (Wildman–Crippen MR) is 85.5 cm³/mol. The molecule has 0 aliphatic rings. The number of halogens is 1. The zero-order valence-corrected chi connectivity index (χ0v) is 13.4. The molecule has 6 nitrogen and oxygen atoms in total. The lowest BCUT2D eigenvalue weighted by molar-refractivity contribution is 0.0696. The normalized spacial score (nSPS) is 10.9. The number of hydrogen-bond acceptors (Lipinski definition) is 4. The molecule has 0 heterocycles. The highest BCUT2D eigenvalue weighted by Gasteiger charge is 2.17. The number of carboxylic acid groups (broad SMARTS) is 1. The van der Waals surface area contributed by atoms with Crippen LogP contribution in [0.2, 0.25) is 0 Å². The summed E-state index contributed by atoms with van der Waals surface area (Å²) in [5.41, 5.74) is 0.512. The molecule has 2 aromatic rings. The topological polar surface area (TPSA) is 107 Å². The lowest BCUT2D eigenvalue weighted by atomic mass is 10.1. The summed E-state index contributed by atoms with van der Waals surface area (Å²) in [5, 5.41) is 17.9. The minimum Gasteiger partial charge on any atom is -0.478 e. The van der Waals surface area contributed by atoms with Crippen molar-refractivity contribution in [3.05, 3.63) is 64.5 Å². The van der Waals surface area contributed by atoms with Crippen LogP contribution in [0.5, 0.6) is 0 Å². The average molecular weight is 348 g/mol. The third-order valence-electron chi connectivity index (χ3n) is 3.26. The zero-order valence-electron chi connectivity index (χ0n) is 12.6. The van der Waals surface area contributed by atoms with Crippen LogP contribution < -0.4 is 4.72 Å². The van der Waals surface area contributed by atoms with Crippen molar-refractivity contribution in [1.82, 2.24) is 0 Å². The molecule has 0 spiro atoms. The van der Waals surface area contributed by atoms with Crippen LogP contribution in [-0.2, 0) is 15.8 Å². The van der Waals surface area contributed by atoms with Gasteiger partial charge in [0.05, 0.1) is 22.9 Å². The van der Waals surface area contributed by atoms with E-state index in [-0.39, 0.29) is 22.4 Å². The first-order chi connectivity index (χ1) is 11.2. The quantitative estimate of drug-likeness (QED) is 0.864. The molecule has 2 N–H and O–H groups in total. The maximum absolute atomic E-state index is 13.7. The van der Waals surface area contributed by atoms with Gasteiger partial charge in [-0.25, -0.2) is 17.6 Å². The molecule has 0 aliphatic heterocycles. The summed E-state index contributed by atoms with van der Waals surface area (Å²) >= 11 is 0. The molecule has 0 aromatic heterocycles. The monoisotopic (exact) mass is 348 g/mol. The Balaban J connectivity index is 2.28. The van der Waals surface area contributed by atoms with Crippen LogP contribution in [0.15, 0.2) is 36.4 Å². The maximum Gasteiger partial charge on any atom is 0.336 e. The number of nitriles is 1. The molecule has 8 heteroatoms. The summed E-state index contributed by atoms with van der Waals surface area (Å²) < 4.78 is 40.3. The van der Waals surface area contributed by atoms with Gasteiger partial charge in [0.1, 0.15) is 5.82 Å². The van der Waals surface area contributed by atoms with Crippen molar-refractivity contribution in [1.29, 1.82) is 5.26 Å². The molecular weight excluding hydrogens is 335 g/mol. The summed E-state index contributed by atoms with van der Waals surface area (Å²) in [7, 11) is -3.98. The molecule has 0 atom stereocenters. The molecule has 0 bridgehead atoms. The van der Waals surface area contributed by atoms with Crippen molar-refractivity contribution in [2.24, 2.45) is 0 Å². The standard InChI is InChI=1S/C16H13FN2O4S/c1-10-2-4-13(7-14(10)16(20)21)19-24(22,23)9-12-6-11(8-18)3-5-15(12)17/h2-7,19H,9H2,1H3,(H,20,21). The van der Waals surface area contributed by atoms with Crippen LogP contribution in [0.4, 0.5) is 10.1 Å². The van der Waals surface area contributed by atoms with E-state index in [4.69, 9.17) is 10.4 Å². The minimum atomic E-state index is -3.98. The summed E-state index contributed by atoms with van der Waals surface area (Å²) in [6, 6.07) is 9.32. The van der Waals surface area contributed by atoms with Gasteiger partial charge in [-0.05, 0) is 42.8 Å². The van der Waals surface area contributed by atoms with Crippen molar-refractivity contribution in [2.75, 3.05) is 4.72 Å². The van der Waals surface area contributed by atoms with E-state index in [1.165, 1.54) is 24.3 Å². The highest BCUT2D eigenvalue weighted by atomic mass is 32.2. The van der Waals surface area contributed by atoms with Gasteiger partial charge < -0.3 is 5.11 Å². The van der Waals surface area contributed by atoms with Crippen molar-refractivity contribution >= 4 is 21.7 Å². The molecule has 0 fully saturated rings. The van der Waals surface area contributed by atoms with Gasteiger partial charge in [0.2, 0.25) is 10.0 Å². The van der Waals surface area contributed by atoms with Crippen LogP contribution in [-0.4, -0.2) is 19.5 Å². The Kier molecular flexibility index (Phi) is 4.85. The number of aromatic carboxylic acids is 1. The first kappa shape index (κ1) is 17.4. The zero-order chi connectivity index (χ0) is 17.9. The van der Waals surface area contributed by atoms with Crippen molar-refractivity contribution < 1.29 is 22.7 Å². The maximum atomic E-state index is 13.7. The highest BCUT2D eigenvalue weighted by molar-refractivity contribution is 7.91. The summed E-state index contributed by atoms with van der Waals surface area (Å²) in [4.78, 5) is 11.1. The third-order valence-corrected chi connectivity index (χ3v) is 4.50. The Morgan fingerprint density at radius 1 is 1.29 bits per heavy atom. The first-order valence-corrected chi connectivity index (χ1v) is 8.40. The molecule has 0 radical (unpaired) electrons. The number of nitrogens with one attached hydrogen (secondary N) is 1. The fourth-order valence-corrected chi connectivity index (χ4v) is 3.28. The lowest BCUT2D eigenvalue weighted by Crippen LogP contribution is -2.16. The summed E-state index contributed by atoms with van der Waals surface area (Å²) in [5.74, 6) is -2.60. The number of carboxylic acids is 1. The van der Waals surface area contributed by atoms with E-state index in [1.54, 1.807) is 6.92 Å². The van der Waals surface area contributed by atoms with Gasteiger partial charge in [-0.1, -0.05) is 6.07 Å². The first-order valence-electron chi connectivity index (χ1n) is 6.75. The van der Waals surface area contributed by atoms with E-state index in [0.717, 1.165) is 12.1 Å².